The van der Waals surface area contributed by atoms with E-state index in [0.29, 0.717) is 24.9 Å². The smallest absolute Gasteiger partial charge is 0.240 e. The number of hydrogen-bond donors (Lipinski definition) is 2. The van der Waals surface area contributed by atoms with Crippen molar-refractivity contribution in [3.8, 4) is 0 Å². The molecule has 1 aliphatic heterocycles. The lowest BCUT2D eigenvalue weighted by Crippen LogP contribution is -2.32. The molecule has 1 saturated heterocycles. The van der Waals surface area contributed by atoms with Crippen molar-refractivity contribution in [2.75, 3.05) is 31.5 Å². The second-order valence-corrected chi connectivity index (χ2v) is 4.51. The maximum atomic E-state index is 11.7. The Labute approximate surface area is 100 Å². The van der Waals surface area contributed by atoms with Gasteiger partial charge in [0.15, 0.2) is 0 Å². The van der Waals surface area contributed by atoms with E-state index in [1.54, 1.807) is 6.07 Å². The van der Waals surface area contributed by atoms with Crippen LogP contribution in [0, 0.1) is 12.8 Å². The summed E-state index contributed by atoms with van der Waals surface area (Å²) >= 11 is 0. The highest BCUT2D eigenvalue weighted by molar-refractivity contribution is 5.90. The number of carbonyl (C=O) groups is 1. The Balaban J connectivity index is 1.78. The lowest BCUT2D eigenvalue weighted by molar-refractivity contribution is -0.117. The van der Waals surface area contributed by atoms with Crippen LogP contribution in [-0.4, -0.2) is 42.1 Å². The maximum Gasteiger partial charge on any atom is 0.240 e. The summed E-state index contributed by atoms with van der Waals surface area (Å²) in [5, 5.41) is 6.39. The zero-order valence-corrected chi connectivity index (χ0v) is 9.98. The molecule has 2 heterocycles. The number of amides is 1. The highest BCUT2D eigenvalue weighted by atomic mass is 16.5. The number of rotatable bonds is 4. The van der Waals surface area contributed by atoms with Crippen LogP contribution in [0.3, 0.4) is 0 Å². The van der Waals surface area contributed by atoms with Crippen LogP contribution in [0.4, 0.5) is 5.88 Å². The molecule has 6 heteroatoms. The molecule has 0 aromatic carbocycles. The zero-order chi connectivity index (χ0) is 12.3. The number of aromatic nitrogens is 1. The number of nitrogens with zero attached hydrogens (tertiary/aromatic N) is 2. The molecule has 0 bridgehead atoms. The second kappa shape index (κ2) is 5.29. The van der Waals surface area contributed by atoms with Crippen molar-refractivity contribution in [1.82, 2.24) is 10.1 Å². The van der Waals surface area contributed by atoms with Crippen LogP contribution >= 0.6 is 0 Å². The van der Waals surface area contributed by atoms with Crippen LogP contribution in [0.25, 0.3) is 0 Å². The number of likely N-dealkylation sites (tertiary alicyclic amines) is 1. The molecular formula is C11H18N4O2. The van der Waals surface area contributed by atoms with Crippen LogP contribution in [0.2, 0.25) is 0 Å². The van der Waals surface area contributed by atoms with Crippen molar-refractivity contribution in [1.29, 1.82) is 0 Å². The summed E-state index contributed by atoms with van der Waals surface area (Å²) in [5.41, 5.74) is 6.36. The molecule has 3 N–H and O–H groups in total. The largest absolute Gasteiger partial charge is 0.338 e. The van der Waals surface area contributed by atoms with Gasteiger partial charge >= 0.3 is 0 Å². The first kappa shape index (κ1) is 12.1. The number of nitrogens with two attached hydrogens (primary N) is 1. The van der Waals surface area contributed by atoms with Gasteiger partial charge in [0.2, 0.25) is 11.8 Å². The van der Waals surface area contributed by atoms with Crippen molar-refractivity contribution in [3.05, 3.63) is 11.8 Å². The average Bonchev–Trinajstić information content (AvgIpc) is 2.88. The third-order valence-electron chi connectivity index (χ3n) is 2.96. The second-order valence-electron chi connectivity index (χ2n) is 4.51. The monoisotopic (exact) mass is 238 g/mol. The Morgan fingerprint density at radius 1 is 1.76 bits per heavy atom. The molecule has 1 fully saturated rings. The third kappa shape index (κ3) is 3.28. The minimum absolute atomic E-state index is 0.0705. The van der Waals surface area contributed by atoms with E-state index in [2.05, 4.69) is 15.4 Å². The first-order chi connectivity index (χ1) is 8.17. The molecule has 2 rings (SSSR count). The lowest BCUT2D eigenvalue weighted by Gasteiger charge is -2.14. The maximum absolute atomic E-state index is 11.7. The summed E-state index contributed by atoms with van der Waals surface area (Å²) < 4.78 is 4.92. The van der Waals surface area contributed by atoms with Crippen LogP contribution in [0.1, 0.15) is 12.1 Å². The van der Waals surface area contributed by atoms with Crippen LogP contribution in [0.5, 0.6) is 0 Å². The highest BCUT2D eigenvalue weighted by Crippen LogP contribution is 2.14. The molecule has 94 valence electrons. The molecule has 17 heavy (non-hydrogen) atoms. The van der Waals surface area contributed by atoms with Crippen molar-refractivity contribution in [2.45, 2.75) is 13.3 Å². The Hall–Kier alpha value is -1.40. The van der Waals surface area contributed by atoms with Crippen LogP contribution in [0.15, 0.2) is 10.6 Å². The van der Waals surface area contributed by atoms with Gasteiger partial charge < -0.3 is 10.3 Å². The molecule has 1 unspecified atom stereocenters. The molecule has 0 spiro atoms. The van der Waals surface area contributed by atoms with Gasteiger partial charge in [-0.2, -0.15) is 0 Å². The predicted octanol–water partition coefficient (Wildman–Crippen LogP) is 0.202. The molecule has 1 atom stereocenters. The van der Waals surface area contributed by atoms with E-state index >= 15 is 0 Å². The van der Waals surface area contributed by atoms with Gasteiger partial charge in [0.1, 0.15) is 0 Å². The summed E-state index contributed by atoms with van der Waals surface area (Å²) in [6, 6.07) is 1.70. The molecule has 1 aromatic heterocycles. The van der Waals surface area contributed by atoms with Crippen molar-refractivity contribution in [2.24, 2.45) is 11.7 Å². The minimum Gasteiger partial charge on any atom is -0.338 e. The van der Waals surface area contributed by atoms with Gasteiger partial charge in [0, 0.05) is 12.6 Å². The van der Waals surface area contributed by atoms with Crippen molar-refractivity contribution >= 4 is 11.8 Å². The fraction of sp³-hybridized carbons (Fsp3) is 0.636. The van der Waals surface area contributed by atoms with Crippen molar-refractivity contribution in [3.63, 3.8) is 0 Å². The third-order valence-corrected chi connectivity index (χ3v) is 2.96. The SMILES string of the molecule is Cc1cc(NC(=O)CN2CCC(CN)C2)on1. The van der Waals surface area contributed by atoms with E-state index < -0.39 is 0 Å². The molecule has 0 saturated carbocycles. The van der Waals surface area contributed by atoms with E-state index in [0.717, 1.165) is 25.2 Å². The van der Waals surface area contributed by atoms with Gasteiger partial charge in [-0.3, -0.25) is 15.0 Å². The average molecular weight is 238 g/mol. The molecule has 1 aromatic rings. The molecular weight excluding hydrogens is 220 g/mol. The van der Waals surface area contributed by atoms with E-state index in [-0.39, 0.29) is 5.91 Å². The summed E-state index contributed by atoms with van der Waals surface area (Å²) in [4.78, 5) is 13.8. The summed E-state index contributed by atoms with van der Waals surface area (Å²) in [6.45, 7) is 4.73. The summed E-state index contributed by atoms with van der Waals surface area (Å²) in [5.74, 6) is 0.858. The number of nitrogens with one attached hydrogen (secondary N) is 1. The number of carbonyl (C=O) groups excluding carboxylic acids is 1. The Kier molecular flexibility index (Phi) is 3.75. The molecule has 6 nitrogen and oxygen atoms in total. The number of anilines is 1. The fourth-order valence-corrected chi connectivity index (χ4v) is 2.05. The number of aryl methyl sites for hydroxylation is 1. The van der Waals surface area contributed by atoms with E-state index in [9.17, 15) is 4.79 Å². The topological polar surface area (TPSA) is 84.4 Å². The van der Waals surface area contributed by atoms with Gasteiger partial charge in [-0.25, -0.2) is 0 Å². The van der Waals surface area contributed by atoms with Gasteiger partial charge in [0.25, 0.3) is 0 Å². The zero-order valence-electron chi connectivity index (χ0n) is 9.98. The Morgan fingerprint density at radius 3 is 3.18 bits per heavy atom. The molecule has 0 aliphatic carbocycles. The standard InChI is InChI=1S/C11H18N4O2/c1-8-4-11(17-14-8)13-10(16)7-15-3-2-9(5-12)6-15/h4,9H,2-3,5-7,12H2,1H3,(H,13,16). The van der Waals surface area contributed by atoms with E-state index in [4.69, 9.17) is 10.3 Å². The van der Waals surface area contributed by atoms with Gasteiger partial charge in [0.05, 0.1) is 12.2 Å². The Morgan fingerprint density at radius 2 is 2.59 bits per heavy atom. The van der Waals surface area contributed by atoms with Gasteiger partial charge in [-0.15, -0.1) is 0 Å². The number of hydrogen-bond acceptors (Lipinski definition) is 5. The quantitative estimate of drug-likeness (QED) is 0.783. The van der Waals surface area contributed by atoms with Crippen LogP contribution < -0.4 is 11.1 Å². The van der Waals surface area contributed by atoms with Crippen molar-refractivity contribution < 1.29 is 9.32 Å². The summed E-state index contributed by atoms with van der Waals surface area (Å²) in [6.07, 6.45) is 1.07. The first-order valence-corrected chi connectivity index (χ1v) is 5.83. The molecule has 1 amide bonds. The van der Waals surface area contributed by atoms with E-state index in [1.165, 1.54) is 0 Å². The normalized spacial score (nSPS) is 20.7. The van der Waals surface area contributed by atoms with E-state index in [1.807, 2.05) is 6.92 Å². The predicted molar refractivity (Wildman–Crippen MR) is 63.5 cm³/mol. The molecule has 0 radical (unpaired) electrons. The minimum atomic E-state index is -0.0705. The fourth-order valence-electron chi connectivity index (χ4n) is 2.05. The van der Waals surface area contributed by atoms with Gasteiger partial charge in [-0.05, 0) is 32.4 Å². The highest BCUT2D eigenvalue weighted by Gasteiger charge is 2.23. The van der Waals surface area contributed by atoms with Crippen LogP contribution in [-0.2, 0) is 4.79 Å². The first-order valence-electron chi connectivity index (χ1n) is 5.83. The Bertz CT molecular complexity index is 391. The van der Waals surface area contributed by atoms with Gasteiger partial charge in [-0.1, -0.05) is 5.16 Å². The summed E-state index contributed by atoms with van der Waals surface area (Å²) in [7, 11) is 0. The lowest BCUT2D eigenvalue weighted by atomic mass is 10.1. The molecule has 1 aliphatic rings.